The molecule has 1 aromatic heterocycles. The Hall–Kier alpha value is -2.12. The Kier molecular flexibility index (Phi) is 4.54. The van der Waals surface area contributed by atoms with Gasteiger partial charge in [-0.2, -0.15) is 5.26 Å². The monoisotopic (exact) mass is 269 g/mol. The molecule has 0 aliphatic heterocycles. The number of pyridine rings is 1. The molecule has 4 heteroatoms. The first-order valence-corrected chi connectivity index (χ1v) is 6.79. The molecule has 0 aliphatic rings. The Morgan fingerprint density at radius 3 is 2.90 bits per heavy atom. The van der Waals surface area contributed by atoms with Gasteiger partial charge in [-0.05, 0) is 38.3 Å². The van der Waals surface area contributed by atoms with Crippen LogP contribution in [0.1, 0.15) is 26.2 Å². The van der Waals surface area contributed by atoms with Gasteiger partial charge in [0.15, 0.2) is 0 Å². The Morgan fingerprint density at radius 2 is 2.10 bits per heavy atom. The number of hydrogen-bond donors (Lipinski definition) is 1. The van der Waals surface area contributed by atoms with Crippen molar-refractivity contribution in [2.45, 2.75) is 31.7 Å². The van der Waals surface area contributed by atoms with E-state index in [1.165, 1.54) is 0 Å². The number of para-hydroxylation sites is 1. The van der Waals surface area contributed by atoms with E-state index in [1.54, 1.807) is 13.1 Å². The van der Waals surface area contributed by atoms with Crippen molar-refractivity contribution in [1.29, 1.82) is 5.26 Å². The fourth-order valence-corrected chi connectivity index (χ4v) is 2.03. The predicted octanol–water partition coefficient (Wildman–Crippen LogP) is 3.02. The van der Waals surface area contributed by atoms with Crippen molar-refractivity contribution < 1.29 is 4.74 Å². The van der Waals surface area contributed by atoms with E-state index in [2.05, 4.69) is 11.1 Å². The summed E-state index contributed by atoms with van der Waals surface area (Å²) in [4.78, 5) is 4.34. The zero-order valence-corrected chi connectivity index (χ0v) is 11.7. The molecule has 2 rings (SSSR count). The van der Waals surface area contributed by atoms with E-state index in [1.807, 2.05) is 30.3 Å². The van der Waals surface area contributed by atoms with Gasteiger partial charge in [0.25, 0.3) is 0 Å². The lowest BCUT2D eigenvalue weighted by Crippen LogP contribution is -2.33. The molecule has 0 saturated carbocycles. The fraction of sp³-hybridized carbons (Fsp3) is 0.375. The molecule has 1 aromatic carbocycles. The SMILES string of the molecule is CC(N)(C#N)CCCCOc1cccc2cccnc12. The molecule has 2 aromatic rings. The number of ether oxygens (including phenoxy) is 1. The number of nitrogens with zero attached hydrogens (tertiary/aromatic N) is 2. The number of benzene rings is 1. The lowest BCUT2D eigenvalue weighted by molar-refractivity contribution is 0.303. The maximum Gasteiger partial charge on any atom is 0.145 e. The van der Waals surface area contributed by atoms with Crippen LogP contribution in [0.2, 0.25) is 0 Å². The first kappa shape index (κ1) is 14.3. The van der Waals surface area contributed by atoms with Crippen LogP contribution in [0.4, 0.5) is 0 Å². The highest BCUT2D eigenvalue weighted by Gasteiger charge is 2.15. The topological polar surface area (TPSA) is 71.9 Å². The number of hydrogen-bond acceptors (Lipinski definition) is 4. The van der Waals surface area contributed by atoms with Crippen molar-refractivity contribution >= 4 is 10.9 Å². The molecule has 1 heterocycles. The van der Waals surface area contributed by atoms with Crippen LogP contribution >= 0.6 is 0 Å². The summed E-state index contributed by atoms with van der Waals surface area (Å²) in [7, 11) is 0. The van der Waals surface area contributed by atoms with Crippen molar-refractivity contribution in [2.24, 2.45) is 5.73 Å². The molecule has 4 nitrogen and oxygen atoms in total. The van der Waals surface area contributed by atoms with Crippen molar-refractivity contribution in [3.63, 3.8) is 0 Å². The van der Waals surface area contributed by atoms with Crippen molar-refractivity contribution in [1.82, 2.24) is 4.98 Å². The molecule has 0 amide bonds. The molecule has 0 bridgehead atoms. The van der Waals surface area contributed by atoms with Crippen LogP contribution in [0.25, 0.3) is 10.9 Å². The summed E-state index contributed by atoms with van der Waals surface area (Å²) in [6.07, 6.45) is 4.19. The maximum absolute atomic E-state index is 8.83. The highest BCUT2D eigenvalue weighted by atomic mass is 16.5. The first-order valence-electron chi connectivity index (χ1n) is 6.79. The van der Waals surface area contributed by atoms with E-state index in [9.17, 15) is 0 Å². The summed E-state index contributed by atoms with van der Waals surface area (Å²) in [6.45, 7) is 2.36. The minimum Gasteiger partial charge on any atom is -0.491 e. The van der Waals surface area contributed by atoms with Gasteiger partial charge >= 0.3 is 0 Å². The van der Waals surface area contributed by atoms with Gasteiger partial charge < -0.3 is 10.5 Å². The van der Waals surface area contributed by atoms with E-state index in [-0.39, 0.29) is 0 Å². The summed E-state index contributed by atoms with van der Waals surface area (Å²) in [6, 6.07) is 11.9. The van der Waals surface area contributed by atoms with Gasteiger partial charge in [0, 0.05) is 11.6 Å². The number of unbranched alkanes of at least 4 members (excludes halogenated alkanes) is 1. The van der Waals surface area contributed by atoms with Crippen LogP contribution in [0, 0.1) is 11.3 Å². The summed E-state index contributed by atoms with van der Waals surface area (Å²) in [5, 5.41) is 9.91. The third-order valence-corrected chi connectivity index (χ3v) is 3.20. The van der Waals surface area contributed by atoms with Gasteiger partial charge in [-0.25, -0.2) is 0 Å². The zero-order chi connectivity index (χ0) is 14.4. The van der Waals surface area contributed by atoms with Crippen LogP contribution in [-0.4, -0.2) is 17.1 Å². The molecule has 0 fully saturated rings. The molecular formula is C16H19N3O. The van der Waals surface area contributed by atoms with E-state index >= 15 is 0 Å². The van der Waals surface area contributed by atoms with Gasteiger partial charge in [-0.15, -0.1) is 0 Å². The van der Waals surface area contributed by atoms with Crippen molar-refractivity contribution in [3.8, 4) is 11.8 Å². The van der Waals surface area contributed by atoms with E-state index in [0.717, 1.165) is 29.5 Å². The van der Waals surface area contributed by atoms with E-state index in [4.69, 9.17) is 15.7 Å². The molecule has 104 valence electrons. The second-order valence-corrected chi connectivity index (χ2v) is 5.17. The zero-order valence-electron chi connectivity index (χ0n) is 11.7. The minimum absolute atomic E-state index is 0.608. The minimum atomic E-state index is -0.735. The maximum atomic E-state index is 8.83. The predicted molar refractivity (Wildman–Crippen MR) is 79.3 cm³/mol. The Bertz CT molecular complexity index is 611. The number of fused-ring (bicyclic) bond motifs is 1. The van der Waals surface area contributed by atoms with Gasteiger partial charge in [0.2, 0.25) is 0 Å². The fourth-order valence-electron chi connectivity index (χ4n) is 2.03. The van der Waals surface area contributed by atoms with Crippen molar-refractivity contribution in [3.05, 3.63) is 36.5 Å². The largest absolute Gasteiger partial charge is 0.491 e. The first-order chi connectivity index (χ1) is 9.62. The van der Waals surface area contributed by atoms with Crippen molar-refractivity contribution in [2.75, 3.05) is 6.61 Å². The van der Waals surface area contributed by atoms with Crippen LogP contribution in [0.3, 0.4) is 0 Å². The van der Waals surface area contributed by atoms with E-state index < -0.39 is 5.54 Å². The lowest BCUT2D eigenvalue weighted by atomic mass is 9.98. The summed E-state index contributed by atoms with van der Waals surface area (Å²) in [5.41, 5.74) is 5.92. The van der Waals surface area contributed by atoms with Gasteiger partial charge in [0.1, 0.15) is 16.8 Å². The molecule has 1 unspecified atom stereocenters. The third-order valence-electron chi connectivity index (χ3n) is 3.20. The quantitative estimate of drug-likeness (QED) is 0.818. The standard InChI is InChI=1S/C16H19N3O/c1-16(18,12-17)9-2-3-11-20-14-8-4-6-13-7-5-10-19-15(13)14/h4-8,10H,2-3,9,11,18H2,1H3. The molecular weight excluding hydrogens is 250 g/mol. The molecule has 0 spiro atoms. The molecule has 2 N–H and O–H groups in total. The van der Waals surface area contributed by atoms with Gasteiger partial charge in [-0.3, -0.25) is 4.98 Å². The summed E-state index contributed by atoms with van der Waals surface area (Å²) < 4.78 is 5.78. The molecule has 1 atom stereocenters. The van der Waals surface area contributed by atoms with Crippen LogP contribution in [0.15, 0.2) is 36.5 Å². The highest BCUT2D eigenvalue weighted by Crippen LogP contribution is 2.23. The third kappa shape index (κ3) is 3.69. The molecule has 20 heavy (non-hydrogen) atoms. The number of nitriles is 1. The Balaban J connectivity index is 1.86. The van der Waals surface area contributed by atoms with Gasteiger partial charge in [-0.1, -0.05) is 18.2 Å². The van der Waals surface area contributed by atoms with Crippen LogP contribution in [0.5, 0.6) is 5.75 Å². The Labute approximate surface area is 119 Å². The second-order valence-electron chi connectivity index (χ2n) is 5.17. The number of nitrogens with two attached hydrogens (primary N) is 1. The second kappa shape index (κ2) is 6.36. The van der Waals surface area contributed by atoms with Crippen LogP contribution < -0.4 is 10.5 Å². The average molecular weight is 269 g/mol. The smallest absolute Gasteiger partial charge is 0.145 e. The van der Waals surface area contributed by atoms with E-state index in [0.29, 0.717) is 13.0 Å². The molecule has 0 saturated heterocycles. The number of aromatic nitrogens is 1. The highest BCUT2D eigenvalue weighted by molar-refractivity contribution is 5.84. The normalized spacial score (nSPS) is 13.7. The van der Waals surface area contributed by atoms with Crippen LogP contribution in [-0.2, 0) is 0 Å². The lowest BCUT2D eigenvalue weighted by Gasteiger charge is -2.14. The summed E-state index contributed by atoms with van der Waals surface area (Å²) >= 11 is 0. The van der Waals surface area contributed by atoms with Gasteiger partial charge in [0.05, 0.1) is 12.7 Å². The Morgan fingerprint density at radius 1 is 1.30 bits per heavy atom. The summed E-state index contributed by atoms with van der Waals surface area (Å²) in [5.74, 6) is 0.805. The molecule has 0 radical (unpaired) electrons. The average Bonchev–Trinajstić information content (AvgIpc) is 2.47. The molecule has 0 aliphatic carbocycles. The number of rotatable bonds is 6.